The molecule has 0 radical (unpaired) electrons. The first-order valence-electron chi connectivity index (χ1n) is 10.8. The third-order valence-electron chi connectivity index (χ3n) is 5.29. The van der Waals surface area contributed by atoms with E-state index in [1.165, 1.54) is 43.5 Å². The molecule has 3 amide bonds. The number of rotatable bonds is 7. The Morgan fingerprint density at radius 1 is 1.11 bits per heavy atom. The molecule has 188 valence electrons. The molecule has 0 aliphatic carbocycles. The highest BCUT2D eigenvalue weighted by Crippen LogP contribution is 2.34. The maximum Gasteiger partial charge on any atom is 0.373 e. The number of nitro groups is 1. The van der Waals surface area contributed by atoms with Crippen LogP contribution in [0.5, 0.6) is 5.75 Å². The summed E-state index contributed by atoms with van der Waals surface area (Å²) in [5.41, 5.74) is 0.270. The van der Waals surface area contributed by atoms with Crippen LogP contribution in [0.2, 0.25) is 0 Å². The summed E-state index contributed by atoms with van der Waals surface area (Å²) in [6, 6.07) is 12.4. The number of nitrogens with zero attached hydrogens (tertiary/aromatic N) is 2. The van der Waals surface area contributed by atoms with Gasteiger partial charge in [-0.1, -0.05) is 29.8 Å². The van der Waals surface area contributed by atoms with Crippen LogP contribution in [-0.4, -0.2) is 40.8 Å². The zero-order valence-corrected chi connectivity index (χ0v) is 19.5. The molecule has 2 aromatic carbocycles. The van der Waals surface area contributed by atoms with Crippen LogP contribution in [0, 0.1) is 17.0 Å². The van der Waals surface area contributed by atoms with Gasteiger partial charge in [0.2, 0.25) is 11.5 Å². The fourth-order valence-electron chi connectivity index (χ4n) is 3.53. The number of hydrogen-bond acceptors (Lipinski definition) is 9. The van der Waals surface area contributed by atoms with Gasteiger partial charge in [-0.15, -0.1) is 0 Å². The van der Waals surface area contributed by atoms with Gasteiger partial charge in [-0.3, -0.25) is 19.8 Å². The molecule has 12 nitrogen and oxygen atoms in total. The van der Waals surface area contributed by atoms with Crippen molar-refractivity contribution in [3.8, 4) is 5.75 Å². The number of hydrogen-bond donors (Lipinski definition) is 1. The predicted octanol–water partition coefficient (Wildman–Crippen LogP) is 3.59. The second-order valence-corrected chi connectivity index (χ2v) is 7.85. The van der Waals surface area contributed by atoms with E-state index in [0.717, 1.165) is 16.5 Å². The maximum atomic E-state index is 12.9. The summed E-state index contributed by atoms with van der Waals surface area (Å²) in [4.78, 5) is 61.4. The van der Waals surface area contributed by atoms with Crippen LogP contribution in [0.3, 0.4) is 0 Å². The number of nitrogens with one attached hydrogen (secondary N) is 1. The Bertz CT molecular complexity index is 1470. The van der Waals surface area contributed by atoms with Gasteiger partial charge >= 0.3 is 23.7 Å². The molecule has 1 saturated heterocycles. The summed E-state index contributed by atoms with van der Waals surface area (Å²) < 4.78 is 15.3. The average Bonchev–Trinajstić information content (AvgIpc) is 3.44. The lowest BCUT2D eigenvalue weighted by atomic mass is 10.1. The normalized spacial score (nSPS) is 14.0. The lowest BCUT2D eigenvalue weighted by molar-refractivity contribution is -0.385. The second-order valence-electron chi connectivity index (χ2n) is 7.85. The van der Waals surface area contributed by atoms with Crippen LogP contribution in [0.1, 0.15) is 37.8 Å². The van der Waals surface area contributed by atoms with Gasteiger partial charge in [0, 0.05) is 11.6 Å². The predicted molar refractivity (Wildman–Crippen MR) is 126 cm³/mol. The number of nitro benzene ring substituents is 1. The van der Waals surface area contributed by atoms with Crippen molar-refractivity contribution in [3.63, 3.8) is 0 Å². The number of carbonyl (C=O) groups is 4. The van der Waals surface area contributed by atoms with Gasteiger partial charge in [0.15, 0.2) is 0 Å². The Labute approximate surface area is 209 Å². The van der Waals surface area contributed by atoms with Crippen LogP contribution < -0.4 is 10.1 Å². The van der Waals surface area contributed by atoms with Crippen molar-refractivity contribution < 1.29 is 38.0 Å². The van der Waals surface area contributed by atoms with E-state index in [9.17, 15) is 29.3 Å². The van der Waals surface area contributed by atoms with Gasteiger partial charge in [0.05, 0.1) is 24.1 Å². The van der Waals surface area contributed by atoms with E-state index in [2.05, 4.69) is 10.1 Å². The number of methoxy groups -OCH3 is 1. The molecule has 1 fully saturated rings. The maximum absolute atomic E-state index is 12.9. The molecule has 1 aliphatic rings. The molecule has 1 aliphatic heterocycles. The van der Waals surface area contributed by atoms with Crippen LogP contribution in [0.25, 0.3) is 6.08 Å². The minimum absolute atomic E-state index is 0.0201. The standard InChI is InChI=1S/C25H19N3O9/c1-14-5-3-7-16(11-14)23(30)37-21-15(6-4-8-19(21)28(33)34)12-18-22(29)27(25(32)26-18)13-17-9-10-20(36-17)24(31)35-2/h3-12H,13H2,1-2H3,(H,26,32)/b18-12-. The fourth-order valence-corrected chi connectivity index (χ4v) is 3.53. The van der Waals surface area contributed by atoms with Gasteiger partial charge in [-0.25, -0.2) is 14.4 Å². The summed E-state index contributed by atoms with van der Waals surface area (Å²) in [6.45, 7) is 1.49. The molecule has 1 aromatic heterocycles. The Balaban J connectivity index is 1.63. The van der Waals surface area contributed by atoms with Crippen molar-refractivity contribution in [2.75, 3.05) is 7.11 Å². The number of amides is 3. The van der Waals surface area contributed by atoms with Gasteiger partial charge in [0.25, 0.3) is 5.91 Å². The Hall–Kier alpha value is -5.26. The van der Waals surface area contributed by atoms with E-state index in [1.54, 1.807) is 25.1 Å². The highest BCUT2D eigenvalue weighted by molar-refractivity contribution is 6.14. The van der Waals surface area contributed by atoms with Crippen molar-refractivity contribution in [2.24, 2.45) is 0 Å². The van der Waals surface area contributed by atoms with Gasteiger partial charge in [-0.05, 0) is 37.3 Å². The van der Waals surface area contributed by atoms with Crippen molar-refractivity contribution in [1.29, 1.82) is 0 Å². The lowest BCUT2D eigenvalue weighted by Crippen LogP contribution is -2.30. The fraction of sp³-hybridized carbons (Fsp3) is 0.120. The number of benzene rings is 2. The van der Waals surface area contributed by atoms with E-state index in [-0.39, 0.29) is 40.6 Å². The van der Waals surface area contributed by atoms with E-state index < -0.39 is 34.5 Å². The van der Waals surface area contributed by atoms with E-state index in [1.807, 2.05) is 0 Å². The highest BCUT2D eigenvalue weighted by atomic mass is 16.6. The molecule has 0 bridgehead atoms. The minimum atomic E-state index is -0.833. The minimum Gasteiger partial charge on any atom is -0.463 e. The second kappa shape index (κ2) is 10.2. The van der Waals surface area contributed by atoms with Crippen LogP contribution in [-0.2, 0) is 16.1 Å². The van der Waals surface area contributed by atoms with Gasteiger partial charge in [0.1, 0.15) is 11.5 Å². The Morgan fingerprint density at radius 3 is 2.57 bits per heavy atom. The topological polar surface area (TPSA) is 158 Å². The van der Waals surface area contributed by atoms with Gasteiger partial charge in [-0.2, -0.15) is 0 Å². The summed E-state index contributed by atoms with van der Waals surface area (Å²) in [5.74, 6) is -2.66. The number of urea groups is 1. The lowest BCUT2D eigenvalue weighted by Gasteiger charge is -2.10. The Morgan fingerprint density at radius 2 is 1.86 bits per heavy atom. The molecule has 2 heterocycles. The molecule has 37 heavy (non-hydrogen) atoms. The molecule has 4 rings (SSSR count). The molecule has 0 saturated carbocycles. The van der Waals surface area contributed by atoms with Crippen molar-refractivity contribution in [2.45, 2.75) is 13.5 Å². The zero-order valence-electron chi connectivity index (χ0n) is 19.5. The summed E-state index contributed by atoms with van der Waals surface area (Å²) >= 11 is 0. The SMILES string of the molecule is COC(=O)c1ccc(CN2C(=O)N/C(=C\c3cccc([N+](=O)[O-])c3OC(=O)c3cccc(C)c3)C2=O)o1. The smallest absolute Gasteiger partial charge is 0.373 e. The summed E-state index contributed by atoms with van der Waals surface area (Å²) in [5, 5.41) is 14.0. The largest absolute Gasteiger partial charge is 0.463 e. The number of para-hydroxylation sites is 1. The Kier molecular flexibility index (Phi) is 6.82. The molecule has 12 heteroatoms. The van der Waals surface area contributed by atoms with Crippen LogP contribution in [0.4, 0.5) is 10.5 Å². The molecular weight excluding hydrogens is 486 g/mol. The molecule has 0 spiro atoms. The molecular formula is C25H19N3O9. The first-order valence-corrected chi connectivity index (χ1v) is 10.8. The summed E-state index contributed by atoms with van der Waals surface area (Å²) in [7, 11) is 1.18. The summed E-state index contributed by atoms with van der Waals surface area (Å²) in [6.07, 6.45) is 1.17. The third kappa shape index (κ3) is 5.22. The van der Waals surface area contributed by atoms with Gasteiger partial charge < -0.3 is 19.2 Å². The number of furan rings is 1. The van der Waals surface area contributed by atoms with Crippen LogP contribution in [0.15, 0.2) is 64.7 Å². The molecule has 3 aromatic rings. The molecule has 1 N–H and O–H groups in total. The van der Waals surface area contributed by atoms with E-state index >= 15 is 0 Å². The zero-order chi connectivity index (χ0) is 26.7. The highest BCUT2D eigenvalue weighted by Gasteiger charge is 2.35. The van der Waals surface area contributed by atoms with Crippen molar-refractivity contribution in [3.05, 3.63) is 98.6 Å². The number of imide groups is 1. The monoisotopic (exact) mass is 505 g/mol. The first-order chi connectivity index (χ1) is 17.7. The quantitative estimate of drug-likeness (QED) is 0.126. The number of carbonyl (C=O) groups excluding carboxylic acids is 4. The number of esters is 2. The van der Waals surface area contributed by atoms with Crippen molar-refractivity contribution >= 4 is 35.6 Å². The average molecular weight is 505 g/mol. The third-order valence-corrected chi connectivity index (χ3v) is 5.29. The number of ether oxygens (including phenoxy) is 2. The van der Waals surface area contributed by atoms with E-state index in [0.29, 0.717) is 0 Å². The first kappa shape index (κ1) is 24.9. The number of aryl methyl sites for hydroxylation is 1. The van der Waals surface area contributed by atoms with E-state index in [4.69, 9.17) is 9.15 Å². The van der Waals surface area contributed by atoms with Crippen LogP contribution >= 0.6 is 0 Å². The van der Waals surface area contributed by atoms with Crippen molar-refractivity contribution in [1.82, 2.24) is 10.2 Å². The molecule has 0 atom stereocenters. The molecule has 0 unspecified atom stereocenters.